The number of hydrogen-bond donors (Lipinski definition) is 1. The van der Waals surface area contributed by atoms with E-state index in [1.807, 2.05) is 0 Å². The smallest absolute Gasteiger partial charge is 0.0195 e. The van der Waals surface area contributed by atoms with Gasteiger partial charge in [-0.3, -0.25) is 9.80 Å². The highest BCUT2D eigenvalue weighted by molar-refractivity contribution is 4.86. The fraction of sp³-hybridized carbons (Fsp3) is 1.00. The van der Waals surface area contributed by atoms with Crippen LogP contribution in [0.2, 0.25) is 0 Å². The van der Waals surface area contributed by atoms with Crippen molar-refractivity contribution in [3.8, 4) is 0 Å². The topological polar surface area (TPSA) is 32.5 Å². The number of rotatable bonds is 3. The lowest BCUT2D eigenvalue weighted by molar-refractivity contribution is 0.0471. The second kappa shape index (κ2) is 5.68. The zero-order valence-corrected chi connectivity index (χ0v) is 11.7. The quantitative estimate of drug-likeness (QED) is 0.808. The Morgan fingerprint density at radius 1 is 1.06 bits per heavy atom. The van der Waals surface area contributed by atoms with Crippen LogP contribution in [0.15, 0.2) is 0 Å². The van der Waals surface area contributed by atoms with E-state index in [2.05, 4.69) is 30.7 Å². The van der Waals surface area contributed by atoms with E-state index < -0.39 is 0 Å². The minimum atomic E-state index is 0.691. The molecule has 0 spiro atoms. The highest BCUT2D eigenvalue weighted by Gasteiger charge is 2.31. The van der Waals surface area contributed by atoms with Gasteiger partial charge in [-0.2, -0.15) is 0 Å². The number of hydrogen-bond acceptors (Lipinski definition) is 3. The van der Waals surface area contributed by atoms with Crippen LogP contribution < -0.4 is 5.73 Å². The number of nitrogens with two attached hydrogens (primary N) is 1. The average molecular weight is 239 g/mol. The predicted molar refractivity (Wildman–Crippen MR) is 73.0 cm³/mol. The summed E-state index contributed by atoms with van der Waals surface area (Å²) in [5.41, 5.74) is 5.88. The molecule has 4 atom stereocenters. The zero-order valence-electron chi connectivity index (χ0n) is 11.7. The lowest BCUT2D eigenvalue weighted by Crippen LogP contribution is -2.55. The monoisotopic (exact) mass is 239 g/mol. The van der Waals surface area contributed by atoms with Crippen molar-refractivity contribution in [2.75, 3.05) is 33.2 Å². The molecule has 1 aliphatic heterocycles. The maximum atomic E-state index is 5.88. The van der Waals surface area contributed by atoms with Crippen molar-refractivity contribution in [3.05, 3.63) is 0 Å². The SMILES string of the molecule is CC1CN(CC2CCCC2CN)CC(C)N1C. The molecule has 0 aromatic carbocycles. The normalized spacial score (nSPS) is 40.9. The second-order valence-electron chi connectivity index (χ2n) is 6.27. The molecule has 0 aromatic rings. The van der Waals surface area contributed by atoms with Gasteiger partial charge >= 0.3 is 0 Å². The molecule has 3 nitrogen and oxygen atoms in total. The molecule has 0 aromatic heterocycles. The van der Waals surface area contributed by atoms with E-state index in [-0.39, 0.29) is 0 Å². The van der Waals surface area contributed by atoms with E-state index in [1.165, 1.54) is 38.9 Å². The largest absolute Gasteiger partial charge is 0.330 e. The lowest BCUT2D eigenvalue weighted by atomic mass is 9.94. The van der Waals surface area contributed by atoms with Gasteiger partial charge in [-0.1, -0.05) is 6.42 Å². The fourth-order valence-electron chi connectivity index (χ4n) is 3.66. The van der Waals surface area contributed by atoms with E-state index in [4.69, 9.17) is 5.73 Å². The third kappa shape index (κ3) is 3.01. The molecule has 100 valence electrons. The van der Waals surface area contributed by atoms with Gasteiger partial charge in [-0.05, 0) is 52.1 Å². The molecule has 1 saturated heterocycles. The Morgan fingerprint density at radius 2 is 1.65 bits per heavy atom. The van der Waals surface area contributed by atoms with Crippen LogP contribution in [0.4, 0.5) is 0 Å². The molecule has 0 amide bonds. The second-order valence-corrected chi connectivity index (χ2v) is 6.27. The fourth-order valence-corrected chi connectivity index (χ4v) is 3.66. The Hall–Kier alpha value is -0.120. The number of likely N-dealkylation sites (N-methyl/N-ethyl adjacent to an activating group) is 1. The summed E-state index contributed by atoms with van der Waals surface area (Å²) in [6.07, 6.45) is 4.16. The van der Waals surface area contributed by atoms with E-state index in [9.17, 15) is 0 Å². The number of nitrogens with zero attached hydrogens (tertiary/aromatic N) is 2. The average Bonchev–Trinajstić information content (AvgIpc) is 2.73. The third-order valence-corrected chi connectivity index (χ3v) is 5.05. The summed E-state index contributed by atoms with van der Waals surface area (Å²) in [6.45, 7) is 9.33. The molecular formula is C14H29N3. The van der Waals surface area contributed by atoms with Gasteiger partial charge in [-0.15, -0.1) is 0 Å². The van der Waals surface area contributed by atoms with E-state index in [0.29, 0.717) is 12.1 Å². The summed E-state index contributed by atoms with van der Waals surface area (Å²) in [7, 11) is 2.25. The summed E-state index contributed by atoms with van der Waals surface area (Å²) >= 11 is 0. The summed E-state index contributed by atoms with van der Waals surface area (Å²) < 4.78 is 0. The minimum Gasteiger partial charge on any atom is -0.330 e. The molecule has 1 heterocycles. The van der Waals surface area contributed by atoms with Gasteiger partial charge in [-0.25, -0.2) is 0 Å². The summed E-state index contributed by atoms with van der Waals surface area (Å²) in [6, 6.07) is 1.38. The van der Waals surface area contributed by atoms with Crippen LogP contribution in [0.5, 0.6) is 0 Å². The molecule has 17 heavy (non-hydrogen) atoms. The van der Waals surface area contributed by atoms with Gasteiger partial charge in [0.25, 0.3) is 0 Å². The minimum absolute atomic E-state index is 0.691. The highest BCUT2D eigenvalue weighted by Crippen LogP contribution is 2.32. The first kappa shape index (κ1) is 13.3. The van der Waals surface area contributed by atoms with Gasteiger partial charge < -0.3 is 5.73 Å². The zero-order chi connectivity index (χ0) is 12.4. The van der Waals surface area contributed by atoms with Gasteiger partial charge in [0.2, 0.25) is 0 Å². The Labute approximate surface area is 106 Å². The lowest BCUT2D eigenvalue weighted by Gasteiger charge is -2.43. The first-order valence-electron chi connectivity index (χ1n) is 7.26. The maximum Gasteiger partial charge on any atom is 0.0195 e. The Bertz CT molecular complexity index is 232. The van der Waals surface area contributed by atoms with Gasteiger partial charge in [0, 0.05) is 31.7 Å². The van der Waals surface area contributed by atoms with Gasteiger partial charge in [0.15, 0.2) is 0 Å². The molecule has 2 rings (SSSR count). The van der Waals surface area contributed by atoms with Crippen LogP contribution in [0.3, 0.4) is 0 Å². The first-order valence-corrected chi connectivity index (χ1v) is 7.26. The van der Waals surface area contributed by atoms with Crippen LogP contribution >= 0.6 is 0 Å². The molecule has 3 heteroatoms. The van der Waals surface area contributed by atoms with Crippen molar-refractivity contribution in [1.82, 2.24) is 9.80 Å². The summed E-state index contributed by atoms with van der Waals surface area (Å²) in [4.78, 5) is 5.18. The highest BCUT2D eigenvalue weighted by atomic mass is 15.3. The standard InChI is InChI=1S/C14H29N3/c1-11-8-17(9-12(2)16(11)3)10-14-6-4-5-13(14)7-15/h11-14H,4-10,15H2,1-3H3. The third-order valence-electron chi connectivity index (χ3n) is 5.05. The molecule has 2 N–H and O–H groups in total. The summed E-state index contributed by atoms with van der Waals surface area (Å²) in [5, 5.41) is 0. The van der Waals surface area contributed by atoms with Crippen LogP contribution in [-0.4, -0.2) is 55.1 Å². The first-order chi connectivity index (χ1) is 8.11. The van der Waals surface area contributed by atoms with Crippen LogP contribution in [0, 0.1) is 11.8 Å². The van der Waals surface area contributed by atoms with E-state index in [1.54, 1.807) is 0 Å². The van der Waals surface area contributed by atoms with Crippen molar-refractivity contribution >= 4 is 0 Å². The van der Waals surface area contributed by atoms with Crippen molar-refractivity contribution < 1.29 is 0 Å². The number of piperazine rings is 1. The van der Waals surface area contributed by atoms with Crippen molar-refractivity contribution in [2.24, 2.45) is 17.6 Å². The molecule has 0 bridgehead atoms. The maximum absolute atomic E-state index is 5.88. The summed E-state index contributed by atoms with van der Waals surface area (Å²) in [5.74, 6) is 1.66. The van der Waals surface area contributed by atoms with E-state index in [0.717, 1.165) is 18.4 Å². The van der Waals surface area contributed by atoms with Gasteiger partial charge in [0.05, 0.1) is 0 Å². The van der Waals surface area contributed by atoms with Crippen molar-refractivity contribution in [1.29, 1.82) is 0 Å². The van der Waals surface area contributed by atoms with Crippen LogP contribution in [0.25, 0.3) is 0 Å². The predicted octanol–water partition coefficient (Wildman–Crippen LogP) is 1.39. The van der Waals surface area contributed by atoms with E-state index >= 15 is 0 Å². The van der Waals surface area contributed by atoms with Crippen LogP contribution in [0.1, 0.15) is 33.1 Å². The van der Waals surface area contributed by atoms with Gasteiger partial charge in [0.1, 0.15) is 0 Å². The van der Waals surface area contributed by atoms with Crippen molar-refractivity contribution in [2.45, 2.75) is 45.2 Å². The van der Waals surface area contributed by atoms with Crippen molar-refractivity contribution in [3.63, 3.8) is 0 Å². The molecule has 2 fully saturated rings. The Kier molecular flexibility index (Phi) is 4.45. The molecule has 1 aliphatic carbocycles. The Morgan fingerprint density at radius 3 is 2.24 bits per heavy atom. The van der Waals surface area contributed by atoms with Crippen LogP contribution in [-0.2, 0) is 0 Å². The molecule has 1 saturated carbocycles. The molecule has 2 aliphatic rings. The molecular weight excluding hydrogens is 210 g/mol. The Balaban J connectivity index is 1.87. The molecule has 0 radical (unpaired) electrons. The molecule has 4 unspecified atom stereocenters.